The third kappa shape index (κ3) is 4.76. The number of nitrogens with zero attached hydrogens (tertiary/aromatic N) is 2. The number of halogens is 1. The SMILES string of the molecule is O=C(CC1C(=O)N(c2ccc(Cl)cc2)C(=S)N1Cc1ccccc1)Nc1ccccc1. The standard InChI is InChI=1S/C24H20ClN3O2S/c25-18-11-13-20(14-12-18)28-23(30)21(15-22(29)26-19-9-5-2-6-10-19)27(24(28)31)16-17-7-3-1-4-8-17/h1-14,21H,15-16H2,(H,26,29). The fraction of sp³-hybridized carbons (Fsp3) is 0.125. The van der Waals surface area contributed by atoms with E-state index in [-0.39, 0.29) is 18.2 Å². The van der Waals surface area contributed by atoms with Crippen LogP contribution in [-0.4, -0.2) is 27.9 Å². The van der Waals surface area contributed by atoms with Gasteiger partial charge in [-0.05, 0) is 54.2 Å². The van der Waals surface area contributed by atoms with Crippen molar-refractivity contribution in [2.75, 3.05) is 10.2 Å². The third-order valence-corrected chi connectivity index (χ3v) is 5.70. The molecule has 0 radical (unpaired) electrons. The molecular formula is C24H20ClN3O2S. The van der Waals surface area contributed by atoms with E-state index in [1.165, 1.54) is 4.90 Å². The first-order valence-corrected chi connectivity index (χ1v) is 10.6. The molecule has 31 heavy (non-hydrogen) atoms. The van der Waals surface area contributed by atoms with Crippen LogP contribution in [0.1, 0.15) is 12.0 Å². The van der Waals surface area contributed by atoms with Gasteiger partial charge in [0.05, 0.1) is 12.1 Å². The average Bonchev–Trinajstić information content (AvgIpc) is 3.00. The lowest BCUT2D eigenvalue weighted by Gasteiger charge is -2.24. The number of anilines is 2. The Morgan fingerprint density at radius 3 is 2.19 bits per heavy atom. The first-order chi connectivity index (χ1) is 15.0. The lowest BCUT2D eigenvalue weighted by molar-refractivity contribution is -0.124. The molecule has 7 heteroatoms. The molecule has 1 aliphatic rings. The van der Waals surface area contributed by atoms with Crippen molar-refractivity contribution in [3.05, 3.63) is 95.5 Å². The summed E-state index contributed by atoms with van der Waals surface area (Å²) in [6.07, 6.45) is -0.00914. The van der Waals surface area contributed by atoms with Crippen molar-refractivity contribution in [2.24, 2.45) is 0 Å². The second-order valence-corrected chi connectivity index (χ2v) is 7.98. The van der Waals surface area contributed by atoms with Crippen LogP contribution in [0.4, 0.5) is 11.4 Å². The molecule has 1 aliphatic heterocycles. The fourth-order valence-corrected chi connectivity index (χ4v) is 4.04. The summed E-state index contributed by atoms with van der Waals surface area (Å²) in [7, 11) is 0. The van der Waals surface area contributed by atoms with Gasteiger partial charge in [-0.1, -0.05) is 60.1 Å². The molecule has 1 N–H and O–H groups in total. The highest BCUT2D eigenvalue weighted by Gasteiger charge is 2.44. The molecule has 2 amide bonds. The highest BCUT2D eigenvalue weighted by molar-refractivity contribution is 7.80. The van der Waals surface area contributed by atoms with E-state index in [9.17, 15) is 9.59 Å². The van der Waals surface area contributed by atoms with Gasteiger partial charge in [0.25, 0.3) is 5.91 Å². The van der Waals surface area contributed by atoms with E-state index < -0.39 is 6.04 Å². The monoisotopic (exact) mass is 449 g/mol. The molecule has 1 atom stereocenters. The summed E-state index contributed by atoms with van der Waals surface area (Å²) in [5.74, 6) is -0.477. The second kappa shape index (κ2) is 9.29. The number of carbonyl (C=O) groups is 2. The summed E-state index contributed by atoms with van der Waals surface area (Å²) in [5.41, 5.74) is 2.32. The first kappa shape index (κ1) is 21.0. The van der Waals surface area contributed by atoms with Gasteiger partial charge in [-0.2, -0.15) is 0 Å². The molecule has 1 saturated heterocycles. The number of rotatable bonds is 6. The molecule has 156 valence electrons. The van der Waals surface area contributed by atoms with E-state index >= 15 is 0 Å². The Morgan fingerprint density at radius 1 is 0.935 bits per heavy atom. The summed E-state index contributed by atoms with van der Waals surface area (Å²) < 4.78 is 0. The summed E-state index contributed by atoms with van der Waals surface area (Å²) in [6, 6.07) is 25.1. The highest BCUT2D eigenvalue weighted by atomic mass is 35.5. The zero-order chi connectivity index (χ0) is 21.8. The van der Waals surface area contributed by atoms with Crippen LogP contribution in [0.15, 0.2) is 84.9 Å². The molecule has 5 nitrogen and oxygen atoms in total. The molecule has 1 heterocycles. The lowest BCUT2D eigenvalue weighted by atomic mass is 10.1. The minimum absolute atomic E-state index is 0.00914. The van der Waals surface area contributed by atoms with Crippen LogP contribution in [0.5, 0.6) is 0 Å². The zero-order valence-electron chi connectivity index (χ0n) is 16.6. The van der Waals surface area contributed by atoms with Gasteiger partial charge in [-0.3, -0.25) is 14.5 Å². The van der Waals surface area contributed by atoms with Crippen LogP contribution in [0.2, 0.25) is 5.02 Å². The van der Waals surface area contributed by atoms with E-state index in [1.807, 2.05) is 53.4 Å². The number of thiocarbonyl (C=S) groups is 1. The Morgan fingerprint density at radius 2 is 1.55 bits per heavy atom. The molecule has 0 aliphatic carbocycles. The molecule has 3 aromatic carbocycles. The molecular weight excluding hydrogens is 430 g/mol. The minimum Gasteiger partial charge on any atom is -0.332 e. The maximum atomic E-state index is 13.4. The predicted octanol–water partition coefficient (Wildman–Crippen LogP) is 4.87. The number of benzene rings is 3. The van der Waals surface area contributed by atoms with Crippen LogP contribution in [0, 0.1) is 0 Å². The summed E-state index contributed by atoms with van der Waals surface area (Å²) in [5, 5.41) is 3.79. The fourth-order valence-electron chi connectivity index (χ4n) is 3.53. The van der Waals surface area contributed by atoms with E-state index in [0.717, 1.165) is 5.56 Å². The second-order valence-electron chi connectivity index (χ2n) is 7.18. The average molecular weight is 450 g/mol. The van der Waals surface area contributed by atoms with Crippen molar-refractivity contribution in [3.63, 3.8) is 0 Å². The van der Waals surface area contributed by atoms with E-state index in [2.05, 4.69) is 5.32 Å². The van der Waals surface area contributed by atoms with Gasteiger partial charge in [0.2, 0.25) is 5.91 Å². The Kier molecular flexibility index (Phi) is 6.30. The van der Waals surface area contributed by atoms with Gasteiger partial charge in [-0.15, -0.1) is 0 Å². The van der Waals surface area contributed by atoms with Crippen LogP contribution in [0.3, 0.4) is 0 Å². The van der Waals surface area contributed by atoms with E-state index in [1.54, 1.807) is 36.4 Å². The van der Waals surface area contributed by atoms with Crippen molar-refractivity contribution in [1.29, 1.82) is 0 Å². The van der Waals surface area contributed by atoms with Crippen molar-refractivity contribution < 1.29 is 9.59 Å². The van der Waals surface area contributed by atoms with Crippen molar-refractivity contribution in [1.82, 2.24) is 4.90 Å². The third-order valence-electron chi connectivity index (χ3n) is 5.04. The summed E-state index contributed by atoms with van der Waals surface area (Å²) in [6.45, 7) is 0.429. The minimum atomic E-state index is -0.702. The van der Waals surface area contributed by atoms with Crippen LogP contribution in [-0.2, 0) is 16.1 Å². The summed E-state index contributed by atoms with van der Waals surface area (Å²) >= 11 is 11.7. The molecule has 3 aromatic rings. The molecule has 4 rings (SSSR count). The maximum absolute atomic E-state index is 13.4. The lowest BCUT2D eigenvalue weighted by Crippen LogP contribution is -2.37. The first-order valence-electron chi connectivity index (χ1n) is 9.82. The Labute approximate surface area is 191 Å². The van der Waals surface area contributed by atoms with Crippen LogP contribution < -0.4 is 10.2 Å². The topological polar surface area (TPSA) is 52.7 Å². The maximum Gasteiger partial charge on any atom is 0.256 e. The predicted molar refractivity (Wildman–Crippen MR) is 127 cm³/mol. The molecule has 0 saturated carbocycles. The van der Waals surface area contributed by atoms with Gasteiger partial charge in [0.1, 0.15) is 6.04 Å². The Bertz CT molecular complexity index is 1090. The molecule has 0 bridgehead atoms. The number of nitrogens with one attached hydrogen (secondary N) is 1. The molecule has 0 spiro atoms. The molecule has 1 unspecified atom stereocenters. The smallest absolute Gasteiger partial charge is 0.256 e. The van der Waals surface area contributed by atoms with Crippen LogP contribution in [0.25, 0.3) is 0 Å². The van der Waals surface area contributed by atoms with Gasteiger partial charge in [0.15, 0.2) is 5.11 Å². The number of hydrogen-bond acceptors (Lipinski definition) is 3. The summed E-state index contributed by atoms with van der Waals surface area (Å²) in [4.78, 5) is 29.4. The number of carbonyl (C=O) groups excluding carboxylic acids is 2. The zero-order valence-corrected chi connectivity index (χ0v) is 18.1. The van der Waals surface area contributed by atoms with Gasteiger partial charge < -0.3 is 10.2 Å². The number of amides is 2. The highest BCUT2D eigenvalue weighted by Crippen LogP contribution is 2.29. The normalized spacial score (nSPS) is 16.0. The van der Waals surface area contributed by atoms with Gasteiger partial charge in [0, 0.05) is 17.3 Å². The Balaban J connectivity index is 1.60. The van der Waals surface area contributed by atoms with Crippen LogP contribution >= 0.6 is 23.8 Å². The largest absolute Gasteiger partial charge is 0.332 e. The van der Waals surface area contributed by atoms with Crippen molar-refractivity contribution in [2.45, 2.75) is 19.0 Å². The molecule has 0 aromatic heterocycles. The van der Waals surface area contributed by atoms with Gasteiger partial charge >= 0.3 is 0 Å². The van der Waals surface area contributed by atoms with E-state index in [4.69, 9.17) is 23.8 Å². The number of para-hydroxylation sites is 1. The van der Waals surface area contributed by atoms with Crippen molar-refractivity contribution >= 4 is 52.1 Å². The molecule has 1 fully saturated rings. The quantitative estimate of drug-likeness (QED) is 0.545. The number of hydrogen-bond donors (Lipinski definition) is 1. The van der Waals surface area contributed by atoms with Crippen molar-refractivity contribution in [3.8, 4) is 0 Å². The van der Waals surface area contributed by atoms with E-state index in [0.29, 0.717) is 28.1 Å². The van der Waals surface area contributed by atoms with Gasteiger partial charge in [-0.25, -0.2) is 0 Å². The Hall–Kier alpha value is -3.22.